The van der Waals surface area contributed by atoms with Gasteiger partial charge in [0.1, 0.15) is 6.07 Å². The Kier molecular flexibility index (Phi) is 3.13. The molecule has 0 unspecified atom stereocenters. The topological polar surface area (TPSA) is 63.0 Å². The molecule has 16 heavy (non-hydrogen) atoms. The number of methoxy groups -OCH3 is 1. The number of nitriles is 1. The van der Waals surface area contributed by atoms with Crippen molar-refractivity contribution in [3.8, 4) is 6.07 Å². The highest BCUT2D eigenvalue weighted by molar-refractivity contribution is 5.91. The van der Waals surface area contributed by atoms with Gasteiger partial charge in [0.2, 0.25) is 0 Å². The van der Waals surface area contributed by atoms with Crippen molar-refractivity contribution < 1.29 is 22.7 Å². The molecule has 1 aromatic rings. The number of pyridine rings is 1. The number of esters is 1. The Balaban J connectivity index is 3.40. The molecule has 1 heterocycles. The standard InChI is InChI=1S/C9H5F3N2O2/c1-16-8(15)6-2-5(3-13)4-14-7(6)9(10,11)12/h2,4H,1H3. The number of rotatable bonds is 1. The van der Waals surface area contributed by atoms with E-state index in [1.807, 2.05) is 0 Å². The van der Waals surface area contributed by atoms with Crippen molar-refractivity contribution in [3.63, 3.8) is 0 Å². The summed E-state index contributed by atoms with van der Waals surface area (Å²) in [5.74, 6) is -1.18. The van der Waals surface area contributed by atoms with Gasteiger partial charge in [-0.15, -0.1) is 0 Å². The van der Waals surface area contributed by atoms with Crippen LogP contribution in [-0.4, -0.2) is 18.1 Å². The van der Waals surface area contributed by atoms with Crippen LogP contribution in [0.4, 0.5) is 13.2 Å². The molecule has 0 atom stereocenters. The fraction of sp³-hybridized carbons (Fsp3) is 0.222. The van der Waals surface area contributed by atoms with Crippen LogP contribution in [0.15, 0.2) is 12.3 Å². The second-order valence-corrected chi connectivity index (χ2v) is 2.72. The van der Waals surface area contributed by atoms with Gasteiger partial charge in [-0.1, -0.05) is 0 Å². The Morgan fingerprint density at radius 1 is 1.56 bits per heavy atom. The van der Waals surface area contributed by atoms with Crippen molar-refractivity contribution in [2.45, 2.75) is 6.18 Å². The molecule has 0 fully saturated rings. The number of aromatic nitrogens is 1. The van der Waals surface area contributed by atoms with E-state index in [0.717, 1.165) is 19.4 Å². The summed E-state index contributed by atoms with van der Waals surface area (Å²) in [4.78, 5) is 14.1. The van der Waals surface area contributed by atoms with Crippen molar-refractivity contribution in [1.29, 1.82) is 5.26 Å². The van der Waals surface area contributed by atoms with Crippen LogP contribution in [-0.2, 0) is 10.9 Å². The van der Waals surface area contributed by atoms with E-state index in [1.54, 1.807) is 6.07 Å². The lowest BCUT2D eigenvalue weighted by atomic mass is 10.1. The van der Waals surface area contributed by atoms with Crippen LogP contribution < -0.4 is 0 Å². The Hall–Kier alpha value is -2.10. The summed E-state index contributed by atoms with van der Waals surface area (Å²) >= 11 is 0. The van der Waals surface area contributed by atoms with E-state index in [1.165, 1.54) is 0 Å². The van der Waals surface area contributed by atoms with Gasteiger partial charge in [0.15, 0.2) is 5.69 Å². The highest BCUT2D eigenvalue weighted by Crippen LogP contribution is 2.30. The Bertz CT molecular complexity index is 463. The van der Waals surface area contributed by atoms with Crippen molar-refractivity contribution in [2.24, 2.45) is 0 Å². The predicted octanol–water partition coefficient (Wildman–Crippen LogP) is 1.76. The van der Waals surface area contributed by atoms with Crippen LogP contribution in [0.1, 0.15) is 21.6 Å². The molecular weight excluding hydrogens is 225 g/mol. The van der Waals surface area contributed by atoms with Crippen molar-refractivity contribution in [2.75, 3.05) is 7.11 Å². The highest BCUT2D eigenvalue weighted by atomic mass is 19.4. The van der Waals surface area contributed by atoms with Gasteiger partial charge in [-0.2, -0.15) is 18.4 Å². The molecule has 1 aromatic heterocycles. The molecule has 84 valence electrons. The van der Waals surface area contributed by atoms with Gasteiger partial charge in [-0.05, 0) is 6.07 Å². The van der Waals surface area contributed by atoms with Gasteiger partial charge >= 0.3 is 12.1 Å². The second-order valence-electron chi connectivity index (χ2n) is 2.72. The summed E-state index contributed by atoms with van der Waals surface area (Å²) in [6.45, 7) is 0. The summed E-state index contributed by atoms with van der Waals surface area (Å²) < 4.78 is 41.5. The van der Waals surface area contributed by atoms with Crippen LogP contribution in [0.25, 0.3) is 0 Å². The normalized spacial score (nSPS) is 10.7. The average Bonchev–Trinajstić information content (AvgIpc) is 2.25. The van der Waals surface area contributed by atoms with E-state index in [9.17, 15) is 18.0 Å². The average molecular weight is 230 g/mol. The first-order valence-electron chi connectivity index (χ1n) is 3.95. The Morgan fingerprint density at radius 2 is 2.19 bits per heavy atom. The van der Waals surface area contributed by atoms with Crippen LogP contribution >= 0.6 is 0 Å². The second kappa shape index (κ2) is 4.18. The number of hydrogen-bond acceptors (Lipinski definition) is 4. The molecule has 0 saturated carbocycles. The molecule has 4 nitrogen and oxygen atoms in total. The number of carbonyl (C=O) groups excluding carboxylic acids is 1. The third-order valence-electron chi connectivity index (χ3n) is 1.69. The fourth-order valence-corrected chi connectivity index (χ4v) is 1.02. The summed E-state index contributed by atoms with van der Waals surface area (Å²) in [6.07, 6.45) is -4.02. The van der Waals surface area contributed by atoms with Crippen LogP contribution in [0.3, 0.4) is 0 Å². The SMILES string of the molecule is COC(=O)c1cc(C#N)cnc1C(F)(F)F. The molecule has 0 aromatic carbocycles. The summed E-state index contributed by atoms with van der Waals surface area (Å²) in [7, 11) is 0.946. The number of alkyl halides is 3. The van der Waals surface area contributed by atoms with Gasteiger partial charge in [0.05, 0.1) is 18.2 Å². The Labute approximate surface area is 88.3 Å². The summed E-state index contributed by atoms with van der Waals surface area (Å²) in [5.41, 5.74) is -2.28. The first-order valence-corrected chi connectivity index (χ1v) is 3.95. The molecule has 0 radical (unpaired) electrons. The molecule has 0 spiro atoms. The van der Waals surface area contributed by atoms with Crippen molar-refractivity contribution >= 4 is 5.97 Å². The maximum atomic E-state index is 12.4. The van der Waals surface area contributed by atoms with Crippen LogP contribution in [0.5, 0.6) is 0 Å². The lowest BCUT2D eigenvalue weighted by Crippen LogP contribution is -2.16. The van der Waals surface area contributed by atoms with Gasteiger partial charge in [0.25, 0.3) is 0 Å². The smallest absolute Gasteiger partial charge is 0.434 e. The third kappa shape index (κ3) is 2.28. The number of halogens is 3. The predicted molar refractivity (Wildman–Crippen MR) is 45.3 cm³/mol. The summed E-state index contributed by atoms with van der Waals surface area (Å²) in [5, 5.41) is 8.49. The molecule has 0 bridgehead atoms. The zero-order valence-electron chi connectivity index (χ0n) is 8.00. The fourth-order valence-electron chi connectivity index (χ4n) is 1.02. The zero-order valence-corrected chi connectivity index (χ0v) is 8.00. The van der Waals surface area contributed by atoms with Crippen LogP contribution in [0.2, 0.25) is 0 Å². The van der Waals surface area contributed by atoms with Gasteiger partial charge in [0, 0.05) is 6.20 Å². The molecule has 0 aliphatic rings. The first kappa shape index (κ1) is 12.0. The van der Waals surface area contributed by atoms with Gasteiger partial charge < -0.3 is 4.74 Å². The largest absolute Gasteiger partial charge is 0.465 e. The minimum absolute atomic E-state index is 0.145. The molecular formula is C9H5F3N2O2. The Morgan fingerprint density at radius 3 is 2.62 bits per heavy atom. The molecule has 1 rings (SSSR count). The van der Waals surface area contributed by atoms with E-state index >= 15 is 0 Å². The van der Waals surface area contributed by atoms with Crippen LogP contribution in [0, 0.1) is 11.3 Å². The maximum absolute atomic E-state index is 12.4. The van der Waals surface area contributed by atoms with E-state index in [-0.39, 0.29) is 5.56 Å². The van der Waals surface area contributed by atoms with Gasteiger partial charge in [-0.3, -0.25) is 0 Å². The maximum Gasteiger partial charge on any atom is 0.434 e. The quantitative estimate of drug-likeness (QED) is 0.689. The molecule has 0 aliphatic heterocycles. The monoisotopic (exact) mass is 230 g/mol. The molecule has 0 N–H and O–H groups in total. The highest BCUT2D eigenvalue weighted by Gasteiger charge is 2.37. The lowest BCUT2D eigenvalue weighted by Gasteiger charge is -2.09. The van der Waals surface area contributed by atoms with E-state index in [0.29, 0.717) is 0 Å². The molecule has 0 aliphatic carbocycles. The van der Waals surface area contributed by atoms with Crippen molar-refractivity contribution in [3.05, 3.63) is 29.1 Å². The minimum Gasteiger partial charge on any atom is -0.465 e. The number of hydrogen-bond donors (Lipinski definition) is 0. The van der Waals surface area contributed by atoms with Crippen molar-refractivity contribution in [1.82, 2.24) is 4.98 Å². The minimum atomic E-state index is -4.77. The number of nitrogens with zero attached hydrogens (tertiary/aromatic N) is 2. The van der Waals surface area contributed by atoms with E-state index < -0.39 is 23.4 Å². The number of ether oxygens (including phenoxy) is 1. The summed E-state index contributed by atoms with van der Waals surface area (Å²) in [6, 6.07) is 2.38. The van der Waals surface area contributed by atoms with Gasteiger partial charge in [-0.25, -0.2) is 9.78 Å². The molecule has 7 heteroatoms. The first-order chi connectivity index (χ1) is 7.40. The number of carbonyl (C=O) groups is 1. The third-order valence-corrected chi connectivity index (χ3v) is 1.69. The zero-order chi connectivity index (χ0) is 12.3. The molecule has 0 saturated heterocycles. The molecule has 0 amide bonds. The van der Waals surface area contributed by atoms with E-state index in [2.05, 4.69) is 9.72 Å². The lowest BCUT2D eigenvalue weighted by molar-refractivity contribution is -0.141. The van der Waals surface area contributed by atoms with E-state index in [4.69, 9.17) is 5.26 Å².